The van der Waals surface area contributed by atoms with E-state index in [0.717, 1.165) is 66.1 Å². The van der Waals surface area contributed by atoms with Gasteiger partial charge in [-0.15, -0.1) is 0 Å². The van der Waals surface area contributed by atoms with E-state index in [4.69, 9.17) is 14.4 Å². The molecule has 0 aliphatic rings. The van der Waals surface area contributed by atoms with Gasteiger partial charge in [-0.25, -0.2) is 4.98 Å². The predicted molar refractivity (Wildman–Crippen MR) is 162 cm³/mol. The third-order valence-corrected chi connectivity index (χ3v) is 7.97. The molecule has 0 saturated carbocycles. The monoisotopic (exact) mass is 500 g/mol. The summed E-state index contributed by atoms with van der Waals surface area (Å²) in [4.78, 5) is 10.2. The summed E-state index contributed by atoms with van der Waals surface area (Å²) < 4.78 is 6.35. The second kappa shape index (κ2) is 8.24. The maximum Gasteiger partial charge on any atom is 0.143 e. The molecule has 0 saturated heterocycles. The van der Waals surface area contributed by atoms with Crippen LogP contribution in [0.4, 0.5) is 0 Å². The van der Waals surface area contributed by atoms with Crippen molar-refractivity contribution < 1.29 is 4.42 Å². The molecule has 3 nitrogen and oxygen atoms in total. The van der Waals surface area contributed by atoms with E-state index in [2.05, 4.69) is 105 Å². The van der Waals surface area contributed by atoms with Crippen molar-refractivity contribution >= 4 is 54.5 Å². The first-order chi connectivity index (χ1) is 19.2. The van der Waals surface area contributed by atoms with Crippen molar-refractivity contribution in [2.75, 3.05) is 0 Å². The minimum atomic E-state index is 0.886. The summed E-state index contributed by atoms with van der Waals surface area (Å²) in [5, 5.41) is 6.96. The summed E-state index contributed by atoms with van der Waals surface area (Å²) in [5.41, 5.74) is 10.3. The van der Waals surface area contributed by atoms with Gasteiger partial charge in [-0.1, -0.05) is 91.0 Å². The van der Waals surface area contributed by atoms with Crippen molar-refractivity contribution in [2.24, 2.45) is 0 Å². The average Bonchev–Trinajstić information content (AvgIpc) is 3.37. The van der Waals surface area contributed by atoms with Crippen LogP contribution in [0.2, 0.25) is 0 Å². The summed E-state index contributed by atoms with van der Waals surface area (Å²) in [5.74, 6) is 0. The Morgan fingerprint density at radius 3 is 1.87 bits per heavy atom. The van der Waals surface area contributed by atoms with Crippen molar-refractivity contribution in [3.05, 3.63) is 120 Å². The number of aryl methyl sites for hydroxylation is 2. The van der Waals surface area contributed by atoms with Crippen LogP contribution in [-0.4, -0.2) is 9.97 Å². The zero-order valence-corrected chi connectivity index (χ0v) is 21.7. The van der Waals surface area contributed by atoms with Crippen LogP contribution in [0.1, 0.15) is 11.1 Å². The summed E-state index contributed by atoms with van der Waals surface area (Å²) in [7, 11) is 0. The topological polar surface area (TPSA) is 38.9 Å². The van der Waals surface area contributed by atoms with Gasteiger partial charge in [0.1, 0.15) is 11.2 Å². The Kier molecular flexibility index (Phi) is 4.65. The van der Waals surface area contributed by atoms with Crippen molar-refractivity contribution in [3.63, 3.8) is 0 Å². The van der Waals surface area contributed by atoms with Crippen LogP contribution >= 0.6 is 0 Å². The SMILES string of the molecule is Cc1cc(-c2cccc3c2oc2ccccc23)c(C)cc1-c1cnc2c3ccccc3c3ccccc3c2n1. The molecule has 184 valence electrons. The van der Waals surface area contributed by atoms with E-state index < -0.39 is 0 Å². The quantitative estimate of drug-likeness (QED) is 0.222. The smallest absolute Gasteiger partial charge is 0.143 e. The van der Waals surface area contributed by atoms with Gasteiger partial charge in [0.2, 0.25) is 0 Å². The minimum Gasteiger partial charge on any atom is -0.455 e. The molecule has 0 unspecified atom stereocenters. The van der Waals surface area contributed by atoms with Gasteiger partial charge in [0.25, 0.3) is 0 Å². The van der Waals surface area contributed by atoms with E-state index >= 15 is 0 Å². The Morgan fingerprint density at radius 2 is 1.10 bits per heavy atom. The standard InChI is InChI=1S/C36H24N2O/c1-21-19-31(22(2)18-30(21)29-16-9-15-28-25-12-7-8-17-33(25)39-36(28)29)32-20-37-34-26-13-5-3-10-23(26)24-11-4-6-14-27(24)35(34)38-32/h3-20H,1-2H3. The second-order valence-electron chi connectivity index (χ2n) is 10.3. The molecule has 0 aliphatic heterocycles. The van der Waals surface area contributed by atoms with Crippen LogP contribution in [0, 0.1) is 13.8 Å². The lowest BCUT2D eigenvalue weighted by Gasteiger charge is -2.14. The molecule has 8 aromatic rings. The van der Waals surface area contributed by atoms with E-state index in [1.165, 1.54) is 21.9 Å². The Morgan fingerprint density at radius 1 is 0.513 bits per heavy atom. The van der Waals surface area contributed by atoms with Crippen molar-refractivity contribution in [2.45, 2.75) is 13.8 Å². The first-order valence-electron chi connectivity index (χ1n) is 13.3. The molecular formula is C36H24N2O. The maximum absolute atomic E-state index is 6.35. The Hall–Kier alpha value is -5.02. The molecule has 39 heavy (non-hydrogen) atoms. The van der Waals surface area contributed by atoms with Gasteiger partial charge < -0.3 is 4.42 Å². The van der Waals surface area contributed by atoms with E-state index in [-0.39, 0.29) is 0 Å². The van der Waals surface area contributed by atoms with Crippen LogP contribution in [0.5, 0.6) is 0 Å². The highest BCUT2D eigenvalue weighted by Crippen LogP contribution is 2.39. The van der Waals surface area contributed by atoms with Crippen LogP contribution in [0.15, 0.2) is 114 Å². The van der Waals surface area contributed by atoms with E-state index in [1.54, 1.807) is 0 Å². The largest absolute Gasteiger partial charge is 0.455 e. The Labute approximate surface area is 225 Å². The summed E-state index contributed by atoms with van der Waals surface area (Å²) in [6.45, 7) is 4.32. The molecule has 0 aliphatic carbocycles. The number of benzene rings is 6. The fraction of sp³-hybridized carbons (Fsp3) is 0.0556. The molecule has 0 N–H and O–H groups in total. The molecule has 0 bridgehead atoms. The zero-order valence-electron chi connectivity index (χ0n) is 21.7. The molecule has 0 radical (unpaired) electrons. The third-order valence-electron chi connectivity index (χ3n) is 7.97. The van der Waals surface area contributed by atoms with Crippen LogP contribution in [0.3, 0.4) is 0 Å². The number of rotatable bonds is 2. The molecule has 0 fully saturated rings. The normalized spacial score (nSPS) is 11.8. The number of fused-ring (bicyclic) bond motifs is 9. The van der Waals surface area contributed by atoms with Gasteiger partial charge in [-0.05, 0) is 53.4 Å². The van der Waals surface area contributed by atoms with Crippen LogP contribution < -0.4 is 0 Å². The molecule has 3 heteroatoms. The van der Waals surface area contributed by atoms with Crippen LogP contribution in [0.25, 0.3) is 76.9 Å². The fourth-order valence-corrected chi connectivity index (χ4v) is 6.09. The number of nitrogens with zero attached hydrogens (tertiary/aromatic N) is 2. The highest BCUT2D eigenvalue weighted by Gasteiger charge is 2.17. The minimum absolute atomic E-state index is 0.886. The number of furan rings is 1. The molecule has 8 rings (SSSR count). The van der Waals surface area contributed by atoms with Crippen molar-refractivity contribution in [1.82, 2.24) is 9.97 Å². The fourth-order valence-electron chi connectivity index (χ4n) is 6.09. The van der Waals surface area contributed by atoms with E-state index in [9.17, 15) is 0 Å². The van der Waals surface area contributed by atoms with Crippen molar-refractivity contribution in [3.8, 4) is 22.4 Å². The van der Waals surface area contributed by atoms with E-state index in [0.29, 0.717) is 0 Å². The predicted octanol–water partition coefficient (Wildman–Crippen LogP) is 9.79. The Balaban J connectivity index is 1.33. The lowest BCUT2D eigenvalue weighted by atomic mass is 9.92. The number of hydrogen-bond donors (Lipinski definition) is 0. The third kappa shape index (κ3) is 3.23. The van der Waals surface area contributed by atoms with Gasteiger partial charge in [0, 0.05) is 32.7 Å². The average molecular weight is 501 g/mol. The highest BCUT2D eigenvalue weighted by molar-refractivity contribution is 6.23. The Bertz CT molecular complexity index is 2220. The van der Waals surface area contributed by atoms with Gasteiger partial charge in [-0.3, -0.25) is 4.98 Å². The first kappa shape index (κ1) is 22.0. The number of aromatic nitrogens is 2. The second-order valence-corrected chi connectivity index (χ2v) is 10.3. The van der Waals surface area contributed by atoms with Gasteiger partial charge in [0.15, 0.2) is 0 Å². The van der Waals surface area contributed by atoms with Gasteiger partial charge >= 0.3 is 0 Å². The van der Waals surface area contributed by atoms with E-state index in [1.807, 2.05) is 18.3 Å². The molecule has 2 aromatic heterocycles. The van der Waals surface area contributed by atoms with Gasteiger partial charge in [-0.2, -0.15) is 0 Å². The maximum atomic E-state index is 6.35. The lowest BCUT2D eigenvalue weighted by molar-refractivity contribution is 0.670. The molecule has 0 atom stereocenters. The molecule has 0 amide bonds. The van der Waals surface area contributed by atoms with Crippen LogP contribution in [-0.2, 0) is 0 Å². The zero-order chi connectivity index (χ0) is 26.1. The number of hydrogen-bond acceptors (Lipinski definition) is 3. The van der Waals surface area contributed by atoms with Crippen molar-refractivity contribution in [1.29, 1.82) is 0 Å². The number of para-hydroxylation sites is 2. The molecule has 0 spiro atoms. The molecule has 6 aromatic carbocycles. The molecular weight excluding hydrogens is 476 g/mol. The highest BCUT2D eigenvalue weighted by atomic mass is 16.3. The van der Waals surface area contributed by atoms with Gasteiger partial charge in [0.05, 0.1) is 22.9 Å². The summed E-state index contributed by atoms with van der Waals surface area (Å²) in [6.07, 6.45) is 1.92. The first-order valence-corrected chi connectivity index (χ1v) is 13.3. The summed E-state index contributed by atoms with van der Waals surface area (Å²) in [6, 6.07) is 36.1. The lowest BCUT2D eigenvalue weighted by Crippen LogP contribution is -1.95. The summed E-state index contributed by atoms with van der Waals surface area (Å²) >= 11 is 0. The molecule has 2 heterocycles.